The normalized spacial score (nSPS) is 24.0. The molecule has 2 rings (SSSR count). The highest BCUT2D eigenvalue weighted by atomic mass is 16.6. The van der Waals surface area contributed by atoms with Crippen molar-refractivity contribution in [3.63, 3.8) is 0 Å². The van der Waals surface area contributed by atoms with Crippen molar-refractivity contribution in [3.8, 4) is 0 Å². The second-order valence-corrected chi connectivity index (χ2v) is 1.58. The minimum Gasteiger partial charge on any atom is -0.381 e. The first kappa shape index (κ1) is 5.06. The molecule has 0 aromatic heterocycles. The fraction of sp³-hybridized carbons (Fsp3) is 1.00. The van der Waals surface area contributed by atoms with Crippen molar-refractivity contribution in [1.82, 2.24) is 0 Å². The van der Waals surface area contributed by atoms with Crippen molar-refractivity contribution < 1.29 is 9.47 Å². The van der Waals surface area contributed by atoms with Gasteiger partial charge in [0.1, 0.15) is 0 Å². The van der Waals surface area contributed by atoms with Gasteiger partial charge in [-0.15, -0.1) is 0 Å². The first-order valence-electron chi connectivity index (χ1n) is 2.65. The van der Waals surface area contributed by atoms with Gasteiger partial charge in [0.25, 0.3) is 0 Å². The molecule has 0 N–H and O–H groups in total. The summed E-state index contributed by atoms with van der Waals surface area (Å²) in [5.74, 6) is 0. The molecule has 0 aromatic rings. The molecule has 42 valence electrons. The van der Waals surface area contributed by atoms with E-state index in [0.29, 0.717) is 0 Å². The number of hydrogen-bond donors (Lipinski definition) is 0. The second-order valence-electron chi connectivity index (χ2n) is 1.58. The number of ether oxygens (including phenoxy) is 2. The smallest absolute Gasteiger partial charge is 0.0701 e. The van der Waals surface area contributed by atoms with Gasteiger partial charge < -0.3 is 9.47 Å². The molecule has 2 nitrogen and oxygen atoms in total. The Morgan fingerprint density at radius 3 is 1.00 bits per heavy atom. The van der Waals surface area contributed by atoms with E-state index in [2.05, 4.69) is 4.74 Å². The Labute approximate surface area is 43.4 Å². The van der Waals surface area contributed by atoms with Gasteiger partial charge in [0.05, 0.1) is 13.2 Å². The molecule has 0 amide bonds. The number of rotatable bonds is 0. The highest BCUT2D eigenvalue weighted by Crippen LogP contribution is 1.93. The number of epoxide rings is 1. The standard InChI is InChI=1S/C3H6O.C2H4O/c1-2-4-3-1;1-2-3-1/h1-3H2;1-2H2. The van der Waals surface area contributed by atoms with Gasteiger partial charge in [-0.2, -0.15) is 0 Å². The quantitative estimate of drug-likeness (QED) is 0.413. The van der Waals surface area contributed by atoms with Crippen LogP contribution in [0.2, 0.25) is 0 Å². The molecule has 0 aromatic carbocycles. The predicted octanol–water partition coefficient (Wildman–Crippen LogP) is 0.423. The van der Waals surface area contributed by atoms with Crippen LogP contribution < -0.4 is 0 Å². The Balaban J connectivity index is 0.0000000729. The van der Waals surface area contributed by atoms with Crippen molar-refractivity contribution in [1.29, 1.82) is 0 Å². The van der Waals surface area contributed by atoms with Crippen molar-refractivity contribution in [2.45, 2.75) is 6.42 Å². The Bertz CT molecular complexity index is 32.6. The highest BCUT2D eigenvalue weighted by Gasteiger charge is 1.94. The molecule has 0 atom stereocenters. The van der Waals surface area contributed by atoms with Gasteiger partial charge in [-0.1, -0.05) is 0 Å². The summed E-state index contributed by atoms with van der Waals surface area (Å²) in [4.78, 5) is 0. The summed E-state index contributed by atoms with van der Waals surface area (Å²) in [7, 11) is 0. The van der Waals surface area contributed by atoms with Crippen LogP contribution in [0.1, 0.15) is 6.42 Å². The predicted molar refractivity (Wildman–Crippen MR) is 26.3 cm³/mol. The molecule has 2 aliphatic heterocycles. The van der Waals surface area contributed by atoms with Gasteiger partial charge in [0, 0.05) is 13.2 Å². The van der Waals surface area contributed by atoms with Crippen LogP contribution in [0.4, 0.5) is 0 Å². The summed E-state index contributed by atoms with van der Waals surface area (Å²) in [5.41, 5.74) is 0. The Morgan fingerprint density at radius 1 is 0.714 bits per heavy atom. The van der Waals surface area contributed by atoms with Gasteiger partial charge in [-0.3, -0.25) is 0 Å². The minimum absolute atomic E-state index is 1.00. The monoisotopic (exact) mass is 102 g/mol. The molecule has 2 heterocycles. The Morgan fingerprint density at radius 2 is 1.00 bits per heavy atom. The average molecular weight is 102 g/mol. The molecule has 0 bridgehead atoms. The Hall–Kier alpha value is -0.0800. The first-order valence-corrected chi connectivity index (χ1v) is 2.65. The van der Waals surface area contributed by atoms with Crippen molar-refractivity contribution in [2.24, 2.45) is 0 Å². The molecule has 2 saturated heterocycles. The van der Waals surface area contributed by atoms with E-state index in [4.69, 9.17) is 4.74 Å². The van der Waals surface area contributed by atoms with E-state index in [1.807, 2.05) is 0 Å². The van der Waals surface area contributed by atoms with Crippen LogP contribution in [0.3, 0.4) is 0 Å². The van der Waals surface area contributed by atoms with Gasteiger partial charge in [-0.05, 0) is 6.42 Å². The summed E-state index contributed by atoms with van der Waals surface area (Å²) >= 11 is 0. The van der Waals surface area contributed by atoms with Crippen LogP contribution in [0.25, 0.3) is 0 Å². The zero-order valence-corrected chi connectivity index (χ0v) is 4.35. The lowest BCUT2D eigenvalue weighted by Crippen LogP contribution is -2.09. The molecular formula is C5H10O2. The average Bonchev–Trinajstić information content (AvgIpc) is 1.95. The van der Waals surface area contributed by atoms with E-state index >= 15 is 0 Å². The van der Waals surface area contributed by atoms with E-state index in [0.717, 1.165) is 26.4 Å². The van der Waals surface area contributed by atoms with Crippen LogP contribution >= 0.6 is 0 Å². The lowest BCUT2D eigenvalue weighted by Gasteiger charge is -2.09. The Kier molecular flexibility index (Phi) is 2.17. The molecule has 2 fully saturated rings. The van der Waals surface area contributed by atoms with Crippen LogP contribution in [-0.2, 0) is 9.47 Å². The summed E-state index contributed by atoms with van der Waals surface area (Å²) < 4.78 is 9.22. The van der Waals surface area contributed by atoms with Crippen LogP contribution in [0, 0.1) is 0 Å². The van der Waals surface area contributed by atoms with E-state index in [1.54, 1.807) is 0 Å². The fourth-order valence-corrected chi connectivity index (χ4v) is 0.144. The van der Waals surface area contributed by atoms with Crippen LogP contribution in [-0.4, -0.2) is 26.4 Å². The van der Waals surface area contributed by atoms with E-state index < -0.39 is 0 Å². The molecule has 0 unspecified atom stereocenters. The largest absolute Gasteiger partial charge is 0.381 e. The summed E-state index contributed by atoms with van der Waals surface area (Å²) in [6.45, 7) is 4.00. The molecule has 0 spiro atoms. The first-order chi connectivity index (χ1) is 3.50. The number of hydrogen-bond acceptors (Lipinski definition) is 2. The van der Waals surface area contributed by atoms with Gasteiger partial charge in [-0.25, -0.2) is 0 Å². The van der Waals surface area contributed by atoms with Crippen LogP contribution in [0.15, 0.2) is 0 Å². The summed E-state index contributed by atoms with van der Waals surface area (Å²) in [6.07, 6.45) is 1.28. The third-order valence-electron chi connectivity index (χ3n) is 0.781. The van der Waals surface area contributed by atoms with Gasteiger partial charge in [0.2, 0.25) is 0 Å². The van der Waals surface area contributed by atoms with Gasteiger partial charge >= 0.3 is 0 Å². The zero-order chi connectivity index (χ0) is 4.95. The molecular weight excluding hydrogens is 92.1 g/mol. The minimum atomic E-state index is 1.00. The molecule has 0 radical (unpaired) electrons. The second kappa shape index (κ2) is 2.99. The third kappa shape index (κ3) is 3.76. The summed E-state index contributed by atoms with van der Waals surface area (Å²) in [6, 6.07) is 0. The molecule has 0 saturated carbocycles. The topological polar surface area (TPSA) is 21.8 Å². The van der Waals surface area contributed by atoms with Crippen molar-refractivity contribution >= 4 is 0 Å². The summed E-state index contributed by atoms with van der Waals surface area (Å²) in [5, 5.41) is 0. The fourth-order valence-electron chi connectivity index (χ4n) is 0.144. The molecule has 0 aliphatic carbocycles. The lowest BCUT2D eigenvalue weighted by molar-refractivity contribution is 0.0367. The lowest BCUT2D eigenvalue weighted by atomic mass is 10.4. The maximum atomic E-state index is 4.72. The molecule has 7 heavy (non-hydrogen) atoms. The molecule has 2 aliphatic rings. The van der Waals surface area contributed by atoms with Gasteiger partial charge in [0.15, 0.2) is 0 Å². The maximum absolute atomic E-state index is 4.72. The van der Waals surface area contributed by atoms with Crippen molar-refractivity contribution in [2.75, 3.05) is 26.4 Å². The van der Waals surface area contributed by atoms with Crippen molar-refractivity contribution in [3.05, 3.63) is 0 Å². The maximum Gasteiger partial charge on any atom is 0.0701 e. The van der Waals surface area contributed by atoms with Crippen LogP contribution in [0.5, 0.6) is 0 Å². The third-order valence-corrected chi connectivity index (χ3v) is 0.781. The zero-order valence-electron chi connectivity index (χ0n) is 4.35. The van der Waals surface area contributed by atoms with E-state index in [1.165, 1.54) is 6.42 Å². The van der Waals surface area contributed by atoms with E-state index in [9.17, 15) is 0 Å². The SMILES string of the molecule is C1CO1.C1COC1. The van der Waals surface area contributed by atoms with E-state index in [-0.39, 0.29) is 0 Å². The highest BCUT2D eigenvalue weighted by molar-refractivity contribution is 4.41. The molecule has 2 heteroatoms.